The lowest BCUT2D eigenvalue weighted by atomic mass is 10.2. The van der Waals surface area contributed by atoms with Gasteiger partial charge in [-0.05, 0) is 0 Å². The molecule has 0 aliphatic heterocycles. The number of hydrogen-bond donors (Lipinski definition) is 0. The smallest absolute Gasteiger partial charge is 0.0967 e. The standard InChI is InChI=1S/3C6H13.6C4H9.6C3H7.3C2H5.6Al/c3*1-3-5-6-4-2;3*1-4(2)3;3*1-3-4-2;6*1-3-2;3*1-2;;;;;;/h3*1,3-6H2,2H3;3*4H,1H2,2-3H3;3*1,3-4H2,2H3;3*3H,1-2H3;3*1,3H2,2H3;3*1H2,2H3;;;;;;. The van der Waals surface area contributed by atoms with Crippen LogP contribution in [0, 0.1) is 17.8 Å². The Morgan fingerprint density at radius 2 is 0.431 bits per heavy atom. The van der Waals surface area contributed by atoms with Gasteiger partial charge in [-0.25, -0.2) is 0 Å². The molecule has 0 aromatic carbocycles. The summed E-state index contributed by atoms with van der Waals surface area (Å²) in [7, 11) is 0. The van der Waals surface area contributed by atoms with Gasteiger partial charge in [0.05, 0.1) is 0 Å². The molecule has 0 unspecified atom stereocenters. The first-order valence-corrected chi connectivity index (χ1v) is 48.5. The van der Waals surface area contributed by atoms with E-state index in [1.807, 2.05) is 0 Å². The summed E-state index contributed by atoms with van der Waals surface area (Å²) in [6.07, 6.45) is 30.7. The third-order valence-electron chi connectivity index (χ3n) is 15.8. The lowest BCUT2D eigenvalue weighted by Crippen LogP contribution is -2.24. The first-order valence-electron chi connectivity index (χ1n) is 34.3. The highest BCUT2D eigenvalue weighted by Gasteiger charge is 2.28. The minimum Gasteiger partial charge on any atom is -0.0967 e. The fourth-order valence-electron chi connectivity index (χ4n) is 12.0. The second kappa shape index (κ2) is 70.3. The molecule has 0 spiro atoms. The molecule has 0 rings (SSSR count). The van der Waals surface area contributed by atoms with Crippen LogP contribution in [0.5, 0.6) is 0 Å². The zero-order valence-electron chi connectivity index (χ0n) is 56.4. The third kappa shape index (κ3) is 73.2. The fourth-order valence-corrected chi connectivity index (χ4v) is 33.6. The highest BCUT2D eigenvalue weighted by molar-refractivity contribution is 6.63. The van der Waals surface area contributed by atoms with Crippen molar-refractivity contribution >= 4 is 84.9 Å². The molecule has 0 saturated carbocycles. The Kier molecular flexibility index (Phi) is 84.4. The molecule has 0 amide bonds. The summed E-state index contributed by atoms with van der Waals surface area (Å²) in [5.74, 6) is 2.78. The van der Waals surface area contributed by atoms with Crippen molar-refractivity contribution in [3.8, 4) is 0 Å². The van der Waals surface area contributed by atoms with Crippen LogP contribution in [0.4, 0.5) is 0 Å². The van der Waals surface area contributed by atoms with Crippen LogP contribution in [0.1, 0.15) is 301 Å². The Balaban J connectivity index is -0.000000186. The van der Waals surface area contributed by atoms with Crippen LogP contribution < -0.4 is 0 Å². The van der Waals surface area contributed by atoms with Crippen LogP contribution in [0.25, 0.3) is 0 Å². The molecule has 0 N–H and O–H groups in total. The van der Waals surface area contributed by atoms with E-state index in [1.54, 1.807) is 82.7 Å². The monoisotopic (exact) mass is 1110 g/mol. The van der Waals surface area contributed by atoms with Gasteiger partial charge >= 0.3 is 0 Å². The van der Waals surface area contributed by atoms with E-state index in [4.69, 9.17) is 0 Å². The van der Waals surface area contributed by atoms with Gasteiger partial charge in [-0.3, -0.25) is 0 Å². The molecule has 6 heteroatoms. The van der Waals surface area contributed by atoms with Crippen LogP contribution in [-0.2, 0) is 0 Å². The Morgan fingerprint density at radius 3 is 0.583 bits per heavy atom. The Morgan fingerprint density at radius 1 is 0.208 bits per heavy atom. The Hall–Kier alpha value is 3.19. The van der Waals surface area contributed by atoms with Crippen LogP contribution in [-0.4, -0.2) is 84.9 Å². The van der Waals surface area contributed by atoms with Gasteiger partial charge in [0.1, 0.15) is 0 Å². The Bertz CT molecular complexity index is 792. The van der Waals surface area contributed by atoms with E-state index in [9.17, 15) is 0 Å². The number of hydrogen-bond acceptors (Lipinski definition) is 0. The summed E-state index contributed by atoms with van der Waals surface area (Å²) in [6, 6.07) is 0. The van der Waals surface area contributed by atoms with E-state index >= 15 is 0 Å². The average Bonchev–Trinajstić information content (AvgIpc) is 3.31. The fraction of sp³-hybridized carbons (Fsp3) is 1.00. The normalized spacial score (nSPS) is 10.8. The Labute approximate surface area is 492 Å². The van der Waals surface area contributed by atoms with E-state index in [2.05, 4.69) is 166 Å². The first kappa shape index (κ1) is 86.5. The molecule has 72 heavy (non-hydrogen) atoms. The van der Waals surface area contributed by atoms with Gasteiger partial charge in [-0.2, -0.15) is 0 Å². The zero-order valence-corrected chi connectivity index (χ0v) is 63.3. The van der Waals surface area contributed by atoms with E-state index in [0.717, 1.165) is 32.1 Å². The maximum atomic E-state index is 2.39. The molecule has 0 aromatic heterocycles. The SMILES string of the molecule is CC(C)[CH2][Al]([CH2]C(C)C)[CH2]C(C)C.CCCCC[CH2][Al]([CH2]CCCCC)[CH2]CCCCC.CCC[CH2][Al]([CH2]CCC)[CH2]CCC.CC[CH2][Al]([CH2]CC)[CH2]CC.C[CH2][Al]([CH2]C)[CH2]C.C[CH](C)[Al]([CH](C)C)[CH](C)C. The molecule has 0 bridgehead atoms. The second-order valence-electron chi connectivity index (χ2n) is 26.1. The summed E-state index contributed by atoms with van der Waals surface area (Å²) < 4.78 is 2.92. The van der Waals surface area contributed by atoms with E-state index in [1.165, 1.54) is 131 Å². The molecule has 0 nitrogen and oxygen atoms in total. The van der Waals surface area contributed by atoms with Crippen molar-refractivity contribution in [2.24, 2.45) is 17.8 Å². The van der Waals surface area contributed by atoms with Crippen molar-refractivity contribution in [1.29, 1.82) is 0 Å². The van der Waals surface area contributed by atoms with Crippen LogP contribution >= 0.6 is 0 Å². The van der Waals surface area contributed by atoms with Gasteiger partial charge in [0, 0.05) is 0 Å². The molecular formula is C66H150Al6. The van der Waals surface area contributed by atoms with E-state index in [-0.39, 0.29) is 56.6 Å². The summed E-state index contributed by atoms with van der Waals surface area (Å²) in [5.41, 5.74) is 0. The van der Waals surface area contributed by atoms with Gasteiger partial charge < -0.3 is 0 Å². The number of rotatable bonds is 42. The van der Waals surface area contributed by atoms with Crippen LogP contribution in [0.3, 0.4) is 0 Å². The van der Waals surface area contributed by atoms with E-state index < -0.39 is 28.3 Å². The van der Waals surface area contributed by atoms with Crippen molar-refractivity contribution in [2.75, 3.05) is 0 Å². The van der Waals surface area contributed by atoms with Crippen molar-refractivity contribution in [1.82, 2.24) is 0 Å². The molecule has 0 heterocycles. The zero-order chi connectivity index (χ0) is 56.4. The molecule has 0 atom stereocenters. The number of unbranched alkanes of at least 4 members (excludes halogenated alkanes) is 12. The van der Waals surface area contributed by atoms with Crippen molar-refractivity contribution in [3.05, 3.63) is 0 Å². The highest BCUT2D eigenvalue weighted by Crippen LogP contribution is 2.29. The third-order valence-corrected chi connectivity index (χ3v) is 40.3. The van der Waals surface area contributed by atoms with Gasteiger partial charge in [-0.15, -0.1) is 0 Å². The summed E-state index contributed by atoms with van der Waals surface area (Å²) in [4.78, 5) is 0. The van der Waals surface area contributed by atoms with Crippen LogP contribution in [0.15, 0.2) is 0 Å². The minimum absolute atomic E-state index is 0.171. The molecule has 432 valence electrons. The molecular weight excluding hydrogens is 955 g/mol. The van der Waals surface area contributed by atoms with Gasteiger partial charge in [0.25, 0.3) is 84.9 Å². The maximum absolute atomic E-state index is 2.39. The predicted molar refractivity (Wildman–Crippen MR) is 361 cm³/mol. The summed E-state index contributed by atoms with van der Waals surface area (Å²) >= 11 is -1.91. The average molecular weight is 1110 g/mol. The lowest BCUT2D eigenvalue weighted by Gasteiger charge is -2.22. The highest BCUT2D eigenvalue weighted by atomic mass is 27.2. The molecule has 0 fully saturated rings. The summed E-state index contributed by atoms with van der Waals surface area (Å²) in [6.45, 7) is 56.5. The molecule has 0 aromatic rings. The summed E-state index contributed by atoms with van der Waals surface area (Å²) in [5, 5.41) is 23.7. The quantitative estimate of drug-likeness (QED) is 0.0422. The lowest BCUT2D eigenvalue weighted by molar-refractivity contribution is 0.659. The first-order chi connectivity index (χ1) is 34.3. The van der Waals surface area contributed by atoms with Crippen molar-refractivity contribution in [2.45, 2.75) is 395 Å². The second-order valence-corrected chi connectivity index (χ2v) is 49.0. The van der Waals surface area contributed by atoms with Gasteiger partial charge in [-0.1, -0.05) is 412 Å². The predicted octanol–water partition coefficient (Wildman–Crippen LogP) is 26.5. The molecule has 0 aliphatic rings. The molecule has 0 saturated heterocycles. The largest absolute Gasteiger partial charge is 0.270 e. The minimum atomic E-state index is -0.454. The topological polar surface area (TPSA) is 0 Å². The maximum Gasteiger partial charge on any atom is 0.270 e. The van der Waals surface area contributed by atoms with Crippen molar-refractivity contribution < 1.29 is 0 Å². The van der Waals surface area contributed by atoms with Crippen LogP contribution in [0.2, 0.25) is 93.6 Å². The molecule has 0 aliphatic carbocycles. The van der Waals surface area contributed by atoms with Gasteiger partial charge in [0.2, 0.25) is 0 Å². The van der Waals surface area contributed by atoms with E-state index in [0.29, 0.717) is 0 Å². The van der Waals surface area contributed by atoms with Gasteiger partial charge in [0.15, 0.2) is 0 Å². The molecule has 0 radical (unpaired) electrons. The van der Waals surface area contributed by atoms with Crippen molar-refractivity contribution in [3.63, 3.8) is 0 Å².